The van der Waals surface area contributed by atoms with Gasteiger partial charge in [-0.05, 0) is 69.9 Å². The maximum absolute atomic E-state index is 14.1. The Bertz CT molecular complexity index is 2040. The Morgan fingerprint density at radius 2 is 1.70 bits per heavy atom. The van der Waals surface area contributed by atoms with Gasteiger partial charge in [-0.3, -0.25) is 9.36 Å². The minimum atomic E-state index is -0.763. The lowest BCUT2D eigenvalue weighted by Crippen LogP contribution is -2.40. The molecule has 1 aliphatic rings. The van der Waals surface area contributed by atoms with E-state index in [0.29, 0.717) is 38.0 Å². The predicted molar refractivity (Wildman–Crippen MR) is 177 cm³/mol. The van der Waals surface area contributed by atoms with Crippen LogP contribution in [0.5, 0.6) is 5.75 Å². The van der Waals surface area contributed by atoms with E-state index >= 15 is 0 Å². The summed E-state index contributed by atoms with van der Waals surface area (Å²) >= 11 is 11.1. The normalized spacial score (nSPS) is 14.6. The first-order valence-electron chi connectivity index (χ1n) is 13.9. The van der Waals surface area contributed by atoms with Gasteiger partial charge in [0.25, 0.3) is 5.56 Å². The van der Waals surface area contributed by atoms with Gasteiger partial charge in [-0.15, -0.1) is 0 Å². The van der Waals surface area contributed by atoms with Crippen LogP contribution >= 0.6 is 38.9 Å². The summed E-state index contributed by atoms with van der Waals surface area (Å²) in [5.41, 5.74) is 3.85. The van der Waals surface area contributed by atoms with Gasteiger partial charge in [0, 0.05) is 10.6 Å². The van der Waals surface area contributed by atoms with Gasteiger partial charge in [-0.25, -0.2) is 9.79 Å². The molecule has 6 rings (SSSR count). The summed E-state index contributed by atoms with van der Waals surface area (Å²) in [6, 6.07) is 31.5. The molecule has 0 amide bonds. The van der Waals surface area contributed by atoms with E-state index in [9.17, 15) is 9.59 Å². The van der Waals surface area contributed by atoms with E-state index in [1.807, 2.05) is 97.1 Å². The molecule has 2 heterocycles. The Kier molecular flexibility index (Phi) is 8.93. The summed E-state index contributed by atoms with van der Waals surface area (Å²) in [4.78, 5) is 33.0. The van der Waals surface area contributed by atoms with Gasteiger partial charge in [-0.2, -0.15) is 0 Å². The quantitative estimate of drug-likeness (QED) is 0.166. The number of hydrogen-bond donors (Lipinski definition) is 0. The highest BCUT2D eigenvalue weighted by Gasteiger charge is 2.35. The average Bonchev–Trinajstić information content (AvgIpc) is 3.35. The fourth-order valence-corrected chi connectivity index (χ4v) is 6.65. The summed E-state index contributed by atoms with van der Waals surface area (Å²) in [7, 11) is 0. The van der Waals surface area contributed by atoms with E-state index in [1.54, 1.807) is 23.6 Å². The fourth-order valence-electron chi connectivity index (χ4n) is 5.01. The Morgan fingerprint density at radius 3 is 2.39 bits per heavy atom. The first kappa shape index (κ1) is 29.8. The third-order valence-electron chi connectivity index (χ3n) is 7.05. The summed E-state index contributed by atoms with van der Waals surface area (Å²) in [6.07, 6.45) is 1.82. The van der Waals surface area contributed by atoms with Crippen LogP contribution in [0.3, 0.4) is 0 Å². The number of carbonyl (C=O) groups is 1. The maximum Gasteiger partial charge on any atom is 0.338 e. The Morgan fingerprint density at radius 1 is 1.00 bits per heavy atom. The number of thiazole rings is 1. The number of fused-ring (bicyclic) bond motifs is 1. The summed E-state index contributed by atoms with van der Waals surface area (Å²) in [5.74, 6) is 0.168. The first-order chi connectivity index (χ1) is 21.4. The van der Waals surface area contributed by atoms with Crippen molar-refractivity contribution in [3.8, 4) is 5.75 Å². The van der Waals surface area contributed by atoms with E-state index < -0.39 is 12.0 Å². The lowest BCUT2D eigenvalue weighted by atomic mass is 9.93. The lowest BCUT2D eigenvalue weighted by molar-refractivity contribution is -0.138. The van der Waals surface area contributed by atoms with Crippen LogP contribution in [0, 0.1) is 0 Å². The largest absolute Gasteiger partial charge is 0.488 e. The minimum absolute atomic E-state index is 0.183. The van der Waals surface area contributed by atoms with E-state index in [1.165, 1.54) is 11.3 Å². The van der Waals surface area contributed by atoms with Crippen molar-refractivity contribution in [1.29, 1.82) is 0 Å². The molecule has 9 heteroatoms. The molecule has 1 aromatic heterocycles. The zero-order valence-corrected chi connectivity index (χ0v) is 26.7. The number of carbonyl (C=O) groups excluding carboxylic acids is 1. The second-order valence-corrected chi connectivity index (χ2v) is 12.2. The van der Waals surface area contributed by atoms with Crippen LogP contribution < -0.4 is 19.6 Å². The second kappa shape index (κ2) is 13.2. The van der Waals surface area contributed by atoms with Crippen molar-refractivity contribution < 1.29 is 14.3 Å². The molecule has 5 aromatic rings. The van der Waals surface area contributed by atoms with E-state index in [2.05, 4.69) is 15.9 Å². The van der Waals surface area contributed by atoms with Crippen LogP contribution in [0.2, 0.25) is 5.02 Å². The number of aromatic nitrogens is 1. The minimum Gasteiger partial charge on any atom is -0.488 e. The third kappa shape index (κ3) is 6.19. The summed E-state index contributed by atoms with van der Waals surface area (Å²) in [5, 5.41) is 0.549. The monoisotopic (exact) mass is 684 g/mol. The maximum atomic E-state index is 14.1. The van der Waals surface area contributed by atoms with Gasteiger partial charge in [0.2, 0.25) is 0 Å². The van der Waals surface area contributed by atoms with Crippen molar-refractivity contribution in [2.24, 2.45) is 4.99 Å². The molecule has 0 fully saturated rings. The molecule has 0 N–H and O–H groups in total. The zero-order valence-electron chi connectivity index (χ0n) is 23.6. The molecule has 0 bridgehead atoms. The number of ether oxygens (including phenoxy) is 2. The third-order valence-corrected chi connectivity index (χ3v) is 8.90. The van der Waals surface area contributed by atoms with Crippen LogP contribution in [0.4, 0.5) is 0 Å². The molecular weight excluding hydrogens is 660 g/mol. The first-order valence-corrected chi connectivity index (χ1v) is 15.9. The average molecular weight is 686 g/mol. The molecule has 0 saturated heterocycles. The number of benzene rings is 4. The van der Waals surface area contributed by atoms with Gasteiger partial charge in [-0.1, -0.05) is 102 Å². The zero-order chi connectivity index (χ0) is 30.6. The molecule has 0 spiro atoms. The van der Waals surface area contributed by atoms with Crippen molar-refractivity contribution in [3.05, 3.63) is 160 Å². The van der Waals surface area contributed by atoms with Crippen LogP contribution in [-0.4, -0.2) is 17.1 Å². The molecule has 1 atom stereocenters. The number of esters is 1. The fraction of sp³-hybridized carbons (Fsp3) is 0.114. The van der Waals surface area contributed by atoms with Crippen LogP contribution in [-0.2, 0) is 16.1 Å². The molecule has 44 heavy (non-hydrogen) atoms. The highest BCUT2D eigenvalue weighted by molar-refractivity contribution is 9.10. The van der Waals surface area contributed by atoms with Crippen molar-refractivity contribution in [2.45, 2.75) is 19.6 Å². The standard InChI is InChI=1S/C35H26BrClN2O4S/c1-2-42-34(41)30-31(24-11-7-4-8-12-24)38-35-39(32(30)25-14-16-26(37)17-15-25)33(40)29(44-35)20-23-13-18-28(27(36)19-23)43-21-22-9-5-3-6-10-22/h3-20,32H,2,21H2,1H3. The predicted octanol–water partition coefficient (Wildman–Crippen LogP) is 6.93. The van der Waals surface area contributed by atoms with Crippen LogP contribution in [0.15, 0.2) is 123 Å². The van der Waals surface area contributed by atoms with E-state index in [0.717, 1.165) is 26.7 Å². The highest BCUT2D eigenvalue weighted by atomic mass is 79.9. The van der Waals surface area contributed by atoms with Gasteiger partial charge in [0.05, 0.1) is 32.9 Å². The molecule has 1 aliphatic heterocycles. The topological polar surface area (TPSA) is 69.9 Å². The number of hydrogen-bond acceptors (Lipinski definition) is 6. The molecule has 0 saturated carbocycles. The van der Waals surface area contributed by atoms with Crippen molar-refractivity contribution in [1.82, 2.24) is 4.57 Å². The number of nitrogens with zero attached hydrogens (tertiary/aromatic N) is 2. The smallest absolute Gasteiger partial charge is 0.338 e. The van der Waals surface area contributed by atoms with Gasteiger partial charge in [0.1, 0.15) is 12.4 Å². The van der Waals surface area contributed by atoms with Crippen LogP contribution in [0.25, 0.3) is 11.8 Å². The Hall–Kier alpha value is -4.24. The Labute approximate surface area is 271 Å². The molecule has 6 nitrogen and oxygen atoms in total. The molecule has 4 aromatic carbocycles. The van der Waals surface area contributed by atoms with Crippen molar-refractivity contribution in [3.63, 3.8) is 0 Å². The summed E-state index contributed by atoms with van der Waals surface area (Å²) in [6.45, 7) is 2.38. The van der Waals surface area contributed by atoms with E-state index in [4.69, 9.17) is 26.1 Å². The lowest BCUT2D eigenvalue weighted by Gasteiger charge is -2.25. The Balaban J connectivity index is 1.47. The van der Waals surface area contributed by atoms with Gasteiger partial charge < -0.3 is 9.47 Å². The van der Waals surface area contributed by atoms with Crippen LogP contribution in [0.1, 0.15) is 35.2 Å². The van der Waals surface area contributed by atoms with E-state index in [-0.39, 0.29) is 12.2 Å². The molecule has 0 aliphatic carbocycles. The van der Waals surface area contributed by atoms with Crippen molar-refractivity contribution in [2.75, 3.05) is 6.61 Å². The number of rotatable bonds is 8. The van der Waals surface area contributed by atoms with Crippen molar-refractivity contribution >= 4 is 56.6 Å². The highest BCUT2D eigenvalue weighted by Crippen LogP contribution is 2.35. The molecular formula is C35H26BrClN2O4S. The SMILES string of the molecule is CCOC(=O)C1=C(c2ccccc2)N=c2sc(=Cc3ccc(OCc4ccccc4)c(Br)c3)c(=O)n2C1c1ccc(Cl)cc1. The molecule has 1 unspecified atom stereocenters. The van der Waals surface area contributed by atoms with Gasteiger partial charge >= 0.3 is 5.97 Å². The summed E-state index contributed by atoms with van der Waals surface area (Å²) < 4.78 is 14.3. The van der Waals surface area contributed by atoms with Gasteiger partial charge in [0.15, 0.2) is 4.80 Å². The second-order valence-electron chi connectivity index (χ2n) is 9.95. The number of halogens is 2. The molecule has 0 radical (unpaired) electrons. The molecule has 220 valence electrons.